The number of nitrogens with zero attached hydrogens (tertiary/aromatic N) is 2. The number of anilines is 1. The number of hydrogen-bond donors (Lipinski definition) is 1. The molecule has 31 heavy (non-hydrogen) atoms. The zero-order chi connectivity index (χ0) is 22.0. The van der Waals surface area contributed by atoms with Crippen LogP contribution in [-0.4, -0.2) is 23.3 Å². The van der Waals surface area contributed by atoms with E-state index < -0.39 is 0 Å². The number of benzene rings is 2. The smallest absolute Gasteiger partial charge is 0.251 e. The summed E-state index contributed by atoms with van der Waals surface area (Å²) in [7, 11) is 0. The van der Waals surface area contributed by atoms with Crippen molar-refractivity contribution in [3.63, 3.8) is 0 Å². The number of hydrogen-bond acceptors (Lipinski definition) is 3. The molecule has 1 aromatic heterocycles. The Kier molecular flexibility index (Phi) is 5.85. The molecule has 4 rings (SSSR count). The highest BCUT2D eigenvalue weighted by Crippen LogP contribution is 2.32. The molecule has 1 aliphatic heterocycles. The monoisotopic (exact) mass is 413 g/mol. The van der Waals surface area contributed by atoms with Crippen LogP contribution in [0.2, 0.25) is 0 Å². The number of rotatable bonds is 5. The number of carbonyl (C=O) groups excluding carboxylic acids is 2. The first kappa shape index (κ1) is 20.8. The van der Waals surface area contributed by atoms with E-state index in [9.17, 15) is 9.59 Å². The van der Waals surface area contributed by atoms with Crippen molar-refractivity contribution in [1.29, 1.82) is 0 Å². The summed E-state index contributed by atoms with van der Waals surface area (Å²) in [6.45, 7) is 7.01. The first-order valence-corrected chi connectivity index (χ1v) is 10.7. The van der Waals surface area contributed by atoms with E-state index >= 15 is 0 Å². The van der Waals surface area contributed by atoms with Gasteiger partial charge in [-0.25, -0.2) is 0 Å². The average molecular weight is 414 g/mol. The van der Waals surface area contributed by atoms with Crippen LogP contribution in [0.3, 0.4) is 0 Å². The Labute approximate surface area is 183 Å². The molecule has 0 saturated heterocycles. The van der Waals surface area contributed by atoms with Crippen molar-refractivity contribution < 1.29 is 9.59 Å². The van der Waals surface area contributed by atoms with Crippen LogP contribution >= 0.6 is 0 Å². The van der Waals surface area contributed by atoms with Crippen LogP contribution in [0.15, 0.2) is 54.6 Å². The maximum absolute atomic E-state index is 12.6. The van der Waals surface area contributed by atoms with E-state index in [-0.39, 0.29) is 11.8 Å². The first-order valence-electron chi connectivity index (χ1n) is 10.7. The average Bonchev–Trinajstić information content (AvgIpc) is 3.21. The molecule has 0 fully saturated rings. The van der Waals surface area contributed by atoms with Crippen molar-refractivity contribution >= 4 is 17.5 Å². The second-order valence-corrected chi connectivity index (χ2v) is 7.95. The molecule has 0 bridgehead atoms. The Morgan fingerprint density at radius 1 is 1.00 bits per heavy atom. The van der Waals surface area contributed by atoms with Gasteiger partial charge >= 0.3 is 0 Å². The highest BCUT2D eigenvalue weighted by molar-refractivity contribution is 5.96. The van der Waals surface area contributed by atoms with Crippen LogP contribution in [0.5, 0.6) is 0 Å². The summed E-state index contributed by atoms with van der Waals surface area (Å²) < 4.78 is 0. The number of fused-ring (bicyclic) bond motifs is 1. The highest BCUT2D eigenvalue weighted by Gasteiger charge is 2.23. The molecule has 158 valence electrons. The largest absolute Gasteiger partial charge is 0.348 e. The lowest BCUT2D eigenvalue weighted by molar-refractivity contribution is -0.118. The zero-order valence-electron chi connectivity index (χ0n) is 18.2. The molecule has 3 aromatic rings. The second-order valence-electron chi connectivity index (χ2n) is 7.95. The molecule has 2 heterocycles. The van der Waals surface area contributed by atoms with E-state index in [1.807, 2.05) is 74.2 Å². The summed E-state index contributed by atoms with van der Waals surface area (Å²) in [6, 6.07) is 17.8. The minimum atomic E-state index is -0.103. The lowest BCUT2D eigenvalue weighted by Crippen LogP contribution is -2.27. The summed E-state index contributed by atoms with van der Waals surface area (Å²) in [5.74, 6) is 0.0627. The SMILES string of the molecule is CCC(=O)N1CCc2cc(-c3ccc(C(=O)NCc4ccc(C)nc4C)cc3)ccc21. The van der Waals surface area contributed by atoms with Gasteiger partial charge in [0.15, 0.2) is 0 Å². The van der Waals surface area contributed by atoms with E-state index in [0.29, 0.717) is 18.5 Å². The molecule has 2 amide bonds. The van der Waals surface area contributed by atoms with Gasteiger partial charge in [0.05, 0.1) is 0 Å². The maximum atomic E-state index is 12.6. The Balaban J connectivity index is 1.45. The lowest BCUT2D eigenvalue weighted by Gasteiger charge is -2.16. The minimum Gasteiger partial charge on any atom is -0.348 e. The molecule has 0 atom stereocenters. The Bertz CT molecular complexity index is 1140. The Morgan fingerprint density at radius 2 is 1.74 bits per heavy atom. The standard InChI is InChI=1S/C26H27N3O2/c1-4-25(30)29-14-13-22-15-21(11-12-24(22)29)19-7-9-20(10-8-19)26(31)27-16-23-6-5-17(2)28-18(23)3/h5-12,15H,4,13-14,16H2,1-3H3,(H,27,31). The fourth-order valence-electron chi connectivity index (χ4n) is 4.03. The molecule has 0 aliphatic carbocycles. The van der Waals surface area contributed by atoms with Crippen LogP contribution in [0.25, 0.3) is 11.1 Å². The number of amides is 2. The molecule has 0 radical (unpaired) electrons. The summed E-state index contributed by atoms with van der Waals surface area (Å²) in [5, 5.41) is 2.97. The van der Waals surface area contributed by atoms with Gasteiger partial charge in [-0.05, 0) is 72.9 Å². The van der Waals surface area contributed by atoms with Gasteiger partial charge in [-0.3, -0.25) is 14.6 Å². The number of nitrogens with one attached hydrogen (secondary N) is 1. The summed E-state index contributed by atoms with van der Waals surface area (Å²) >= 11 is 0. The van der Waals surface area contributed by atoms with Gasteiger partial charge in [-0.1, -0.05) is 31.2 Å². The minimum absolute atomic E-state index is 0.103. The third-order valence-electron chi connectivity index (χ3n) is 5.83. The van der Waals surface area contributed by atoms with E-state index in [2.05, 4.69) is 16.4 Å². The first-order chi connectivity index (χ1) is 15.0. The normalized spacial score (nSPS) is 12.5. The van der Waals surface area contributed by atoms with E-state index in [0.717, 1.165) is 46.7 Å². The predicted octanol–water partition coefficient (Wildman–Crippen LogP) is 4.59. The van der Waals surface area contributed by atoms with Crippen molar-refractivity contribution in [3.8, 4) is 11.1 Å². The van der Waals surface area contributed by atoms with E-state index in [1.165, 1.54) is 5.56 Å². The van der Waals surface area contributed by atoms with Crippen molar-refractivity contribution in [3.05, 3.63) is 82.7 Å². The predicted molar refractivity (Wildman–Crippen MR) is 123 cm³/mol. The van der Waals surface area contributed by atoms with Gasteiger partial charge in [-0.15, -0.1) is 0 Å². The summed E-state index contributed by atoms with van der Waals surface area (Å²) in [6.07, 6.45) is 1.40. The van der Waals surface area contributed by atoms with Crippen LogP contribution < -0.4 is 10.2 Å². The third-order valence-corrected chi connectivity index (χ3v) is 5.83. The van der Waals surface area contributed by atoms with Crippen molar-refractivity contribution in [2.75, 3.05) is 11.4 Å². The molecule has 5 heteroatoms. The van der Waals surface area contributed by atoms with E-state index in [1.54, 1.807) is 0 Å². The topological polar surface area (TPSA) is 62.3 Å². The molecular weight excluding hydrogens is 386 g/mol. The Morgan fingerprint density at radius 3 is 2.45 bits per heavy atom. The van der Waals surface area contributed by atoms with Gasteiger partial charge in [0.1, 0.15) is 0 Å². The molecular formula is C26H27N3O2. The summed E-state index contributed by atoms with van der Waals surface area (Å²) in [5.41, 5.74) is 7.92. The van der Waals surface area contributed by atoms with E-state index in [4.69, 9.17) is 0 Å². The molecule has 5 nitrogen and oxygen atoms in total. The molecule has 1 N–H and O–H groups in total. The van der Waals surface area contributed by atoms with Gasteiger partial charge in [-0.2, -0.15) is 0 Å². The van der Waals surface area contributed by atoms with Crippen molar-refractivity contribution in [1.82, 2.24) is 10.3 Å². The molecule has 0 unspecified atom stereocenters. The fraction of sp³-hybridized carbons (Fsp3) is 0.269. The zero-order valence-corrected chi connectivity index (χ0v) is 18.2. The van der Waals surface area contributed by atoms with Crippen LogP contribution in [0.4, 0.5) is 5.69 Å². The number of carbonyl (C=O) groups is 2. The third kappa shape index (κ3) is 4.36. The second kappa shape index (κ2) is 8.72. The fourth-order valence-corrected chi connectivity index (χ4v) is 4.03. The van der Waals surface area contributed by atoms with Crippen LogP contribution in [0, 0.1) is 13.8 Å². The van der Waals surface area contributed by atoms with Crippen LogP contribution in [0.1, 0.15) is 46.2 Å². The quantitative estimate of drug-likeness (QED) is 0.665. The number of pyridine rings is 1. The van der Waals surface area contributed by atoms with Crippen LogP contribution in [-0.2, 0) is 17.8 Å². The van der Waals surface area contributed by atoms with Gasteiger partial charge in [0.25, 0.3) is 5.91 Å². The number of aryl methyl sites for hydroxylation is 2. The summed E-state index contributed by atoms with van der Waals surface area (Å²) in [4.78, 5) is 31.0. The van der Waals surface area contributed by atoms with Crippen molar-refractivity contribution in [2.45, 2.75) is 40.2 Å². The highest BCUT2D eigenvalue weighted by atomic mass is 16.2. The molecule has 0 spiro atoms. The lowest BCUT2D eigenvalue weighted by atomic mass is 10.0. The van der Waals surface area contributed by atoms with Gasteiger partial charge < -0.3 is 10.2 Å². The van der Waals surface area contributed by atoms with Crippen molar-refractivity contribution in [2.24, 2.45) is 0 Å². The van der Waals surface area contributed by atoms with Gasteiger partial charge in [0.2, 0.25) is 5.91 Å². The van der Waals surface area contributed by atoms with Gasteiger partial charge in [0, 0.05) is 42.1 Å². The Hall–Kier alpha value is -3.47. The number of aromatic nitrogens is 1. The molecule has 0 saturated carbocycles. The molecule has 1 aliphatic rings. The maximum Gasteiger partial charge on any atom is 0.251 e. The molecule has 2 aromatic carbocycles.